The van der Waals surface area contributed by atoms with E-state index in [0.717, 1.165) is 25.9 Å². The third-order valence-electron chi connectivity index (χ3n) is 3.57. The lowest BCUT2D eigenvalue weighted by Gasteiger charge is -2.34. The molecule has 1 aromatic carbocycles. The van der Waals surface area contributed by atoms with Crippen molar-refractivity contribution in [2.45, 2.75) is 19.8 Å². The molecule has 4 nitrogen and oxygen atoms in total. The molecule has 1 amide bonds. The van der Waals surface area contributed by atoms with E-state index in [1.54, 1.807) is 12.1 Å². The summed E-state index contributed by atoms with van der Waals surface area (Å²) < 4.78 is 0.590. The van der Waals surface area contributed by atoms with Crippen molar-refractivity contribution in [1.82, 2.24) is 10.6 Å². The van der Waals surface area contributed by atoms with Crippen LogP contribution in [0.2, 0.25) is 0 Å². The van der Waals surface area contributed by atoms with Gasteiger partial charge in [0.1, 0.15) is 5.75 Å². The average Bonchev–Trinajstić information content (AvgIpc) is 2.40. The van der Waals surface area contributed by atoms with Gasteiger partial charge in [0.15, 0.2) is 0 Å². The molecule has 2 rings (SSSR count). The number of phenols is 1. The van der Waals surface area contributed by atoms with Crippen molar-refractivity contribution in [1.29, 1.82) is 0 Å². The topological polar surface area (TPSA) is 61.4 Å². The van der Waals surface area contributed by atoms with Gasteiger partial charge in [0, 0.05) is 18.7 Å². The highest BCUT2D eigenvalue weighted by Crippen LogP contribution is 2.26. The van der Waals surface area contributed by atoms with Crippen molar-refractivity contribution in [2.75, 3.05) is 19.6 Å². The first kappa shape index (κ1) is 14.3. The number of benzene rings is 1. The predicted molar refractivity (Wildman–Crippen MR) is 78.4 cm³/mol. The first-order chi connectivity index (χ1) is 9.00. The Morgan fingerprint density at radius 2 is 2.37 bits per heavy atom. The standard InChI is InChI=1S/C14H19BrN2O2/c1-14(5-2-6-16-8-14)9-17-13(19)10-3-4-11(15)12(18)7-10/h3-4,7,16,18H,2,5-6,8-9H2,1H3,(H,17,19). The van der Waals surface area contributed by atoms with Gasteiger partial charge in [-0.1, -0.05) is 6.92 Å². The summed E-state index contributed by atoms with van der Waals surface area (Å²) in [6.07, 6.45) is 2.26. The van der Waals surface area contributed by atoms with Crippen LogP contribution in [-0.4, -0.2) is 30.6 Å². The maximum Gasteiger partial charge on any atom is 0.251 e. The zero-order valence-corrected chi connectivity index (χ0v) is 12.6. The lowest BCUT2D eigenvalue weighted by molar-refractivity contribution is 0.0924. The van der Waals surface area contributed by atoms with Gasteiger partial charge in [-0.3, -0.25) is 4.79 Å². The minimum Gasteiger partial charge on any atom is -0.507 e. The smallest absolute Gasteiger partial charge is 0.251 e. The Labute approximate surface area is 121 Å². The van der Waals surface area contributed by atoms with Gasteiger partial charge in [-0.15, -0.1) is 0 Å². The number of hydrogen-bond donors (Lipinski definition) is 3. The molecule has 1 saturated heterocycles. The number of piperidine rings is 1. The third kappa shape index (κ3) is 3.70. The number of nitrogens with one attached hydrogen (secondary N) is 2. The molecule has 0 bridgehead atoms. The van der Waals surface area contributed by atoms with Gasteiger partial charge >= 0.3 is 0 Å². The molecule has 1 heterocycles. The quantitative estimate of drug-likeness (QED) is 0.798. The van der Waals surface area contributed by atoms with Crippen LogP contribution < -0.4 is 10.6 Å². The molecule has 104 valence electrons. The Morgan fingerprint density at radius 3 is 3.00 bits per heavy atom. The van der Waals surface area contributed by atoms with Crippen molar-refractivity contribution in [2.24, 2.45) is 5.41 Å². The van der Waals surface area contributed by atoms with Crippen LogP contribution >= 0.6 is 15.9 Å². The molecule has 0 aromatic heterocycles. The fraction of sp³-hybridized carbons (Fsp3) is 0.500. The van der Waals surface area contributed by atoms with Gasteiger partial charge in [-0.25, -0.2) is 0 Å². The molecule has 5 heteroatoms. The summed E-state index contributed by atoms with van der Waals surface area (Å²) in [5.41, 5.74) is 0.596. The summed E-state index contributed by atoms with van der Waals surface area (Å²) in [5.74, 6) is -0.0622. The van der Waals surface area contributed by atoms with Gasteiger partial charge in [0.05, 0.1) is 4.47 Å². The minimum absolute atomic E-state index is 0.0817. The lowest BCUT2D eigenvalue weighted by atomic mass is 9.83. The van der Waals surface area contributed by atoms with Crippen LogP contribution in [0.15, 0.2) is 22.7 Å². The Balaban J connectivity index is 1.95. The molecule has 0 spiro atoms. The van der Waals surface area contributed by atoms with E-state index in [-0.39, 0.29) is 17.1 Å². The van der Waals surface area contributed by atoms with Crippen molar-refractivity contribution in [3.8, 4) is 5.75 Å². The van der Waals surface area contributed by atoms with Gasteiger partial charge in [0.25, 0.3) is 5.91 Å². The Kier molecular flexibility index (Phi) is 4.47. The summed E-state index contributed by atoms with van der Waals surface area (Å²) in [7, 11) is 0. The number of carbonyl (C=O) groups excluding carboxylic acids is 1. The molecule has 0 aliphatic carbocycles. The zero-order valence-electron chi connectivity index (χ0n) is 11.0. The second kappa shape index (κ2) is 5.92. The summed E-state index contributed by atoms with van der Waals surface area (Å²) in [6, 6.07) is 4.84. The Bertz CT molecular complexity index is 471. The zero-order chi connectivity index (χ0) is 13.9. The molecule has 1 atom stereocenters. The molecule has 3 N–H and O–H groups in total. The molecule has 1 aromatic rings. The maximum atomic E-state index is 12.0. The monoisotopic (exact) mass is 326 g/mol. The number of phenolic OH excluding ortho intramolecular Hbond substituents is 1. The van der Waals surface area contributed by atoms with Crippen molar-refractivity contribution in [3.63, 3.8) is 0 Å². The number of aromatic hydroxyl groups is 1. The van der Waals surface area contributed by atoms with E-state index in [1.807, 2.05) is 0 Å². The van der Waals surface area contributed by atoms with Crippen LogP contribution in [0.3, 0.4) is 0 Å². The van der Waals surface area contributed by atoms with E-state index in [4.69, 9.17) is 0 Å². The highest BCUT2D eigenvalue weighted by molar-refractivity contribution is 9.10. The summed E-state index contributed by atoms with van der Waals surface area (Å²) in [6.45, 7) is 4.82. The van der Waals surface area contributed by atoms with Crippen LogP contribution in [0, 0.1) is 5.41 Å². The SMILES string of the molecule is CC1(CNC(=O)c2ccc(Br)c(O)c2)CCCNC1. The normalized spacial score (nSPS) is 23.1. The highest BCUT2D eigenvalue weighted by atomic mass is 79.9. The first-order valence-corrected chi connectivity index (χ1v) is 7.27. The second-order valence-electron chi connectivity index (χ2n) is 5.44. The fourth-order valence-corrected chi connectivity index (χ4v) is 2.57. The average molecular weight is 327 g/mol. The van der Waals surface area contributed by atoms with Crippen LogP contribution in [0.25, 0.3) is 0 Å². The van der Waals surface area contributed by atoms with Crippen LogP contribution in [0.4, 0.5) is 0 Å². The molecular weight excluding hydrogens is 308 g/mol. The van der Waals surface area contributed by atoms with E-state index < -0.39 is 0 Å². The number of carbonyl (C=O) groups is 1. The minimum atomic E-state index is -0.144. The number of amides is 1. The van der Waals surface area contributed by atoms with Crippen molar-refractivity contribution >= 4 is 21.8 Å². The molecule has 0 radical (unpaired) electrons. The molecule has 0 saturated carbocycles. The number of halogens is 1. The Hall–Kier alpha value is -1.07. The summed E-state index contributed by atoms with van der Waals surface area (Å²) in [4.78, 5) is 12.0. The van der Waals surface area contributed by atoms with Gasteiger partial charge in [0.2, 0.25) is 0 Å². The number of hydrogen-bond acceptors (Lipinski definition) is 3. The molecule has 1 aliphatic rings. The molecule has 19 heavy (non-hydrogen) atoms. The molecule has 1 aliphatic heterocycles. The Morgan fingerprint density at radius 1 is 1.58 bits per heavy atom. The van der Waals surface area contributed by atoms with Crippen LogP contribution in [0.5, 0.6) is 5.75 Å². The largest absolute Gasteiger partial charge is 0.507 e. The molecule has 1 unspecified atom stereocenters. The van der Waals surface area contributed by atoms with Crippen molar-refractivity contribution in [3.05, 3.63) is 28.2 Å². The second-order valence-corrected chi connectivity index (χ2v) is 6.29. The first-order valence-electron chi connectivity index (χ1n) is 6.48. The highest BCUT2D eigenvalue weighted by Gasteiger charge is 2.27. The third-order valence-corrected chi connectivity index (χ3v) is 4.24. The summed E-state index contributed by atoms with van der Waals surface area (Å²) in [5, 5.41) is 15.9. The van der Waals surface area contributed by atoms with Gasteiger partial charge in [-0.05, 0) is 58.9 Å². The number of rotatable bonds is 3. The van der Waals surface area contributed by atoms with Crippen LogP contribution in [0.1, 0.15) is 30.1 Å². The summed E-state index contributed by atoms with van der Waals surface area (Å²) >= 11 is 3.20. The van der Waals surface area contributed by atoms with Crippen LogP contribution in [-0.2, 0) is 0 Å². The van der Waals surface area contributed by atoms with Crippen molar-refractivity contribution < 1.29 is 9.90 Å². The van der Waals surface area contributed by atoms with E-state index in [9.17, 15) is 9.90 Å². The fourth-order valence-electron chi connectivity index (χ4n) is 2.32. The van der Waals surface area contributed by atoms with E-state index >= 15 is 0 Å². The van der Waals surface area contributed by atoms with Gasteiger partial charge in [-0.2, -0.15) is 0 Å². The molecule has 1 fully saturated rings. The van der Waals surface area contributed by atoms with E-state index in [1.165, 1.54) is 6.07 Å². The van der Waals surface area contributed by atoms with E-state index in [2.05, 4.69) is 33.5 Å². The van der Waals surface area contributed by atoms with Gasteiger partial charge < -0.3 is 15.7 Å². The maximum absolute atomic E-state index is 12.0. The molecular formula is C14H19BrN2O2. The predicted octanol–water partition coefficient (Wildman–Crippen LogP) is 2.27. The lowest BCUT2D eigenvalue weighted by Crippen LogP contribution is -2.45. The van der Waals surface area contributed by atoms with E-state index in [0.29, 0.717) is 16.6 Å².